The third-order valence-corrected chi connectivity index (χ3v) is 4.84. The Morgan fingerprint density at radius 2 is 2.10 bits per heavy atom. The second kappa shape index (κ2) is 6.23. The fourth-order valence-corrected chi connectivity index (χ4v) is 3.37. The third-order valence-electron chi connectivity index (χ3n) is 3.49. The first kappa shape index (κ1) is 16.1. The summed E-state index contributed by atoms with van der Waals surface area (Å²) < 4.78 is 28.1. The molecule has 0 radical (unpaired) electrons. The molecule has 0 bridgehead atoms. The summed E-state index contributed by atoms with van der Waals surface area (Å²) in [5.74, 6) is 0.179. The first-order valence-electron chi connectivity index (χ1n) is 6.78. The lowest BCUT2D eigenvalue weighted by atomic mass is 10.1. The molecule has 1 aromatic rings. The highest BCUT2D eigenvalue weighted by molar-refractivity contribution is 8.13. The summed E-state index contributed by atoms with van der Waals surface area (Å²) in [5.41, 5.74) is 0.610. The van der Waals surface area contributed by atoms with Crippen LogP contribution in [0, 0.1) is 0 Å². The molecular weight excluding hydrogens is 314 g/mol. The first-order chi connectivity index (χ1) is 9.86. The molecular formula is C14H18ClNO4S. The van der Waals surface area contributed by atoms with Gasteiger partial charge in [-0.05, 0) is 37.5 Å². The number of ether oxygens (including phenoxy) is 1. The van der Waals surface area contributed by atoms with Crippen molar-refractivity contribution in [3.63, 3.8) is 0 Å². The van der Waals surface area contributed by atoms with Crippen LogP contribution in [-0.4, -0.2) is 38.9 Å². The highest BCUT2D eigenvalue weighted by Crippen LogP contribution is 2.30. The standard InChI is InChI=1S/C14H18ClNO4S/c1-3-16(11-5-6-11)14(17)9-10-4-7-12(20-2)13(8-10)21(15,18)19/h4,7-8,11H,3,5-6,9H2,1-2H3. The van der Waals surface area contributed by atoms with Crippen LogP contribution in [-0.2, 0) is 20.3 Å². The molecule has 0 aliphatic heterocycles. The van der Waals surface area contributed by atoms with Crippen LogP contribution < -0.4 is 4.74 Å². The smallest absolute Gasteiger partial charge is 0.264 e. The number of rotatable bonds is 6. The molecule has 1 fully saturated rings. The Bertz CT molecular complexity index is 640. The van der Waals surface area contributed by atoms with Gasteiger partial charge in [-0.2, -0.15) is 0 Å². The van der Waals surface area contributed by atoms with E-state index in [-0.39, 0.29) is 23.0 Å². The number of methoxy groups -OCH3 is 1. The van der Waals surface area contributed by atoms with E-state index < -0.39 is 9.05 Å². The van der Waals surface area contributed by atoms with Crippen LogP contribution in [0.2, 0.25) is 0 Å². The molecule has 0 saturated heterocycles. The highest BCUT2D eigenvalue weighted by atomic mass is 35.7. The van der Waals surface area contributed by atoms with Crippen LogP contribution in [0.3, 0.4) is 0 Å². The Kier molecular flexibility index (Phi) is 4.78. The van der Waals surface area contributed by atoms with Crippen molar-refractivity contribution in [3.8, 4) is 5.75 Å². The zero-order chi connectivity index (χ0) is 15.6. The van der Waals surface area contributed by atoms with Gasteiger partial charge in [0.05, 0.1) is 13.5 Å². The van der Waals surface area contributed by atoms with Crippen molar-refractivity contribution in [2.75, 3.05) is 13.7 Å². The number of carbonyl (C=O) groups excluding carboxylic acids is 1. The molecule has 116 valence electrons. The molecule has 0 aromatic heterocycles. The van der Waals surface area contributed by atoms with E-state index in [2.05, 4.69) is 0 Å². The van der Waals surface area contributed by atoms with Crippen LogP contribution in [0.15, 0.2) is 23.1 Å². The van der Waals surface area contributed by atoms with Gasteiger partial charge in [0.15, 0.2) is 0 Å². The van der Waals surface area contributed by atoms with Crippen LogP contribution >= 0.6 is 10.7 Å². The largest absolute Gasteiger partial charge is 0.495 e. The van der Waals surface area contributed by atoms with Crippen molar-refractivity contribution < 1.29 is 17.9 Å². The van der Waals surface area contributed by atoms with Gasteiger partial charge in [-0.1, -0.05) is 6.07 Å². The van der Waals surface area contributed by atoms with Gasteiger partial charge >= 0.3 is 0 Å². The van der Waals surface area contributed by atoms with Crippen LogP contribution in [0.4, 0.5) is 0 Å². The van der Waals surface area contributed by atoms with Crippen molar-refractivity contribution in [1.29, 1.82) is 0 Å². The summed E-state index contributed by atoms with van der Waals surface area (Å²) >= 11 is 0. The average Bonchev–Trinajstić information content (AvgIpc) is 3.23. The number of amides is 1. The Balaban J connectivity index is 2.22. The molecule has 2 rings (SSSR count). The molecule has 1 aliphatic carbocycles. The monoisotopic (exact) mass is 331 g/mol. The molecule has 0 N–H and O–H groups in total. The molecule has 1 aromatic carbocycles. The molecule has 1 saturated carbocycles. The van der Waals surface area contributed by atoms with Crippen molar-refractivity contribution in [2.24, 2.45) is 0 Å². The Labute approximate surface area is 129 Å². The number of carbonyl (C=O) groups is 1. The van der Waals surface area contributed by atoms with Crippen molar-refractivity contribution >= 4 is 25.6 Å². The fourth-order valence-electron chi connectivity index (χ4n) is 2.32. The van der Waals surface area contributed by atoms with Gasteiger partial charge < -0.3 is 9.64 Å². The quantitative estimate of drug-likeness (QED) is 0.749. The van der Waals surface area contributed by atoms with Crippen LogP contribution in [0.5, 0.6) is 5.75 Å². The van der Waals surface area contributed by atoms with Crippen molar-refractivity contribution in [3.05, 3.63) is 23.8 Å². The van der Waals surface area contributed by atoms with E-state index in [1.54, 1.807) is 6.07 Å². The minimum atomic E-state index is -3.91. The third kappa shape index (κ3) is 3.89. The van der Waals surface area contributed by atoms with Crippen molar-refractivity contribution in [2.45, 2.75) is 37.1 Å². The van der Waals surface area contributed by atoms with Gasteiger partial charge in [0.1, 0.15) is 10.6 Å². The summed E-state index contributed by atoms with van der Waals surface area (Å²) in [6.45, 7) is 2.61. The normalized spacial score (nSPS) is 14.8. The summed E-state index contributed by atoms with van der Waals surface area (Å²) in [4.78, 5) is 14.0. The zero-order valence-corrected chi connectivity index (χ0v) is 13.6. The molecule has 5 nitrogen and oxygen atoms in total. The van der Waals surface area contributed by atoms with E-state index >= 15 is 0 Å². The Morgan fingerprint density at radius 1 is 1.43 bits per heavy atom. The van der Waals surface area contributed by atoms with E-state index in [1.165, 1.54) is 19.2 Å². The summed E-state index contributed by atoms with van der Waals surface area (Å²) in [7, 11) is 2.86. The number of benzene rings is 1. The van der Waals surface area contributed by atoms with Gasteiger partial charge in [-0.3, -0.25) is 4.79 Å². The van der Waals surface area contributed by atoms with E-state index in [0.717, 1.165) is 12.8 Å². The number of hydrogen-bond donors (Lipinski definition) is 0. The topological polar surface area (TPSA) is 63.7 Å². The number of halogens is 1. The van der Waals surface area contributed by atoms with E-state index in [9.17, 15) is 13.2 Å². The molecule has 0 heterocycles. The minimum Gasteiger partial charge on any atom is -0.495 e. The predicted octanol–water partition coefficient (Wildman–Crippen LogP) is 2.18. The summed E-state index contributed by atoms with van der Waals surface area (Å²) in [6.07, 6.45) is 2.25. The Morgan fingerprint density at radius 3 is 2.57 bits per heavy atom. The number of nitrogens with zero attached hydrogens (tertiary/aromatic N) is 1. The summed E-state index contributed by atoms with van der Waals surface area (Å²) in [5, 5.41) is 0. The zero-order valence-electron chi connectivity index (χ0n) is 12.0. The maximum Gasteiger partial charge on any atom is 0.264 e. The van der Waals surface area contributed by atoms with E-state index in [4.69, 9.17) is 15.4 Å². The van der Waals surface area contributed by atoms with Crippen LogP contribution in [0.25, 0.3) is 0 Å². The van der Waals surface area contributed by atoms with Crippen molar-refractivity contribution in [1.82, 2.24) is 4.90 Å². The van der Waals surface area contributed by atoms with Gasteiger partial charge in [-0.15, -0.1) is 0 Å². The molecule has 0 spiro atoms. The van der Waals surface area contributed by atoms with Gasteiger partial charge in [0.2, 0.25) is 5.91 Å². The lowest BCUT2D eigenvalue weighted by molar-refractivity contribution is -0.130. The Hall–Kier alpha value is -1.27. The second-order valence-electron chi connectivity index (χ2n) is 5.01. The maximum absolute atomic E-state index is 12.3. The molecule has 0 atom stereocenters. The SMILES string of the molecule is CCN(C(=O)Cc1ccc(OC)c(S(=O)(=O)Cl)c1)C1CC1. The van der Waals surface area contributed by atoms with E-state index in [0.29, 0.717) is 18.2 Å². The van der Waals surface area contributed by atoms with Gasteiger partial charge in [0, 0.05) is 23.3 Å². The van der Waals surface area contributed by atoms with Crippen LogP contribution in [0.1, 0.15) is 25.3 Å². The number of hydrogen-bond acceptors (Lipinski definition) is 4. The predicted molar refractivity (Wildman–Crippen MR) is 80.1 cm³/mol. The number of likely N-dealkylation sites (N-methyl/N-ethyl adjacent to an activating group) is 1. The molecule has 1 amide bonds. The molecule has 0 unspecified atom stereocenters. The second-order valence-corrected chi connectivity index (χ2v) is 7.55. The lowest BCUT2D eigenvalue weighted by Crippen LogP contribution is -2.34. The lowest BCUT2D eigenvalue weighted by Gasteiger charge is -2.20. The maximum atomic E-state index is 12.3. The first-order valence-corrected chi connectivity index (χ1v) is 9.08. The molecule has 1 aliphatic rings. The molecule has 7 heteroatoms. The highest BCUT2D eigenvalue weighted by Gasteiger charge is 2.31. The summed E-state index contributed by atoms with van der Waals surface area (Å²) in [6, 6.07) is 4.95. The molecule has 21 heavy (non-hydrogen) atoms. The van der Waals surface area contributed by atoms with Gasteiger partial charge in [-0.25, -0.2) is 8.42 Å². The van der Waals surface area contributed by atoms with E-state index in [1.807, 2.05) is 11.8 Å². The minimum absolute atomic E-state index is 0.00286. The van der Waals surface area contributed by atoms with Gasteiger partial charge in [0.25, 0.3) is 9.05 Å². The fraction of sp³-hybridized carbons (Fsp3) is 0.500. The average molecular weight is 332 g/mol.